The average molecular weight is 837 g/mol. The summed E-state index contributed by atoms with van der Waals surface area (Å²) in [5, 5.41) is 2.49. The molecule has 2 heterocycles. The highest BCUT2D eigenvalue weighted by molar-refractivity contribution is 7.91. The number of hydrogen-bond acceptors (Lipinski definition) is 3. The van der Waals surface area contributed by atoms with Gasteiger partial charge in [0.05, 0.1) is 20.8 Å². The lowest BCUT2D eigenvalue weighted by Gasteiger charge is -2.46. The van der Waals surface area contributed by atoms with E-state index < -0.39 is 15.3 Å². The van der Waals surface area contributed by atoms with Crippen LogP contribution in [0.5, 0.6) is 0 Å². The van der Waals surface area contributed by atoms with E-state index in [0.29, 0.717) is 27.5 Å². The van der Waals surface area contributed by atoms with E-state index in [0.717, 1.165) is 69.0 Å². The van der Waals surface area contributed by atoms with Crippen molar-refractivity contribution in [3.05, 3.63) is 205 Å². The number of hydrogen-bond donors (Lipinski definition) is 0. The lowest BCUT2D eigenvalue weighted by molar-refractivity contribution is 0.187. The second kappa shape index (κ2) is 14.7. The highest BCUT2D eigenvalue weighted by Gasteiger charge is 2.51. The lowest BCUT2D eigenvalue weighted by atomic mass is 9.60. The predicted octanol–water partition coefficient (Wildman–Crippen LogP) is 14.9. The molecule has 8 aromatic carbocycles. The van der Waals surface area contributed by atoms with E-state index in [9.17, 15) is 8.42 Å². The first-order chi connectivity index (χ1) is 30.8. The third-order valence-electron chi connectivity index (χ3n) is 14.9. The summed E-state index contributed by atoms with van der Waals surface area (Å²) in [6.07, 6.45) is 6.16. The molecule has 4 atom stereocenters. The molecular formula is C58H48N2O2S. The summed E-state index contributed by atoms with van der Waals surface area (Å²) in [5.74, 6) is 1.78. The topological polar surface area (TPSA) is 42.3 Å². The Morgan fingerprint density at radius 3 is 1.67 bits per heavy atom. The molecule has 0 radical (unpaired) electrons. The number of fused-ring (bicyclic) bond motifs is 7. The zero-order valence-corrected chi connectivity index (χ0v) is 36.2. The van der Waals surface area contributed by atoms with Crippen molar-refractivity contribution in [2.75, 3.05) is 4.90 Å². The van der Waals surface area contributed by atoms with Gasteiger partial charge in [0.25, 0.3) is 0 Å². The van der Waals surface area contributed by atoms with Crippen LogP contribution in [0, 0.1) is 17.8 Å². The van der Waals surface area contributed by atoms with Crippen molar-refractivity contribution in [1.82, 2.24) is 4.57 Å². The van der Waals surface area contributed by atoms with E-state index in [2.05, 4.69) is 174 Å². The Kier molecular flexibility index (Phi) is 8.88. The fraction of sp³-hybridized carbons (Fsp3) is 0.172. The first kappa shape index (κ1) is 38.0. The highest BCUT2D eigenvalue weighted by Crippen LogP contribution is 2.58. The summed E-state index contributed by atoms with van der Waals surface area (Å²) in [4.78, 5) is 3.21. The minimum Gasteiger partial charge on any atom is -0.310 e. The molecule has 5 heteroatoms. The summed E-state index contributed by atoms with van der Waals surface area (Å²) in [6, 6.07) is 68.1. The zero-order chi connectivity index (χ0) is 42.3. The van der Waals surface area contributed by atoms with Crippen LogP contribution in [-0.4, -0.2) is 13.0 Å². The molecule has 0 amide bonds. The van der Waals surface area contributed by atoms with Crippen LogP contribution in [0.15, 0.2) is 204 Å². The number of nitrogens with zero attached hydrogens (tertiary/aromatic N) is 2. The van der Waals surface area contributed by atoms with Crippen LogP contribution < -0.4 is 4.90 Å². The van der Waals surface area contributed by atoms with Crippen LogP contribution >= 0.6 is 0 Å². The molecule has 1 aliphatic heterocycles. The van der Waals surface area contributed by atoms with Crippen LogP contribution in [0.4, 0.5) is 17.1 Å². The van der Waals surface area contributed by atoms with Gasteiger partial charge in [0.15, 0.2) is 0 Å². The lowest BCUT2D eigenvalue weighted by Crippen LogP contribution is -2.41. The highest BCUT2D eigenvalue weighted by atomic mass is 32.2. The molecule has 3 aliphatic rings. The maximum atomic E-state index is 14.6. The van der Waals surface area contributed by atoms with Crippen molar-refractivity contribution in [1.29, 1.82) is 0 Å². The molecule has 2 bridgehead atoms. The Morgan fingerprint density at radius 2 is 1.00 bits per heavy atom. The van der Waals surface area contributed by atoms with Gasteiger partial charge in [-0.05, 0) is 143 Å². The predicted molar refractivity (Wildman–Crippen MR) is 258 cm³/mol. The molecule has 2 aliphatic carbocycles. The van der Waals surface area contributed by atoms with Gasteiger partial charge in [0, 0.05) is 38.9 Å². The molecule has 0 N–H and O–H groups in total. The molecule has 63 heavy (non-hydrogen) atoms. The van der Waals surface area contributed by atoms with Gasteiger partial charge in [0.1, 0.15) is 0 Å². The second-order valence-electron chi connectivity index (χ2n) is 18.3. The van der Waals surface area contributed by atoms with Gasteiger partial charge in [-0.2, -0.15) is 0 Å². The number of para-hydroxylation sites is 2. The van der Waals surface area contributed by atoms with Crippen LogP contribution in [0.25, 0.3) is 49.7 Å². The van der Waals surface area contributed by atoms with Crippen molar-refractivity contribution in [3.63, 3.8) is 0 Å². The van der Waals surface area contributed by atoms with Gasteiger partial charge in [-0.25, -0.2) is 8.42 Å². The molecule has 0 saturated heterocycles. The van der Waals surface area contributed by atoms with Gasteiger partial charge >= 0.3 is 0 Å². The third kappa shape index (κ3) is 6.12. The zero-order valence-electron chi connectivity index (χ0n) is 35.4. The fourth-order valence-corrected chi connectivity index (χ4v) is 13.7. The van der Waals surface area contributed by atoms with E-state index in [4.69, 9.17) is 0 Å². The Balaban J connectivity index is 0.983. The number of benzene rings is 8. The Bertz CT molecular complexity index is 3250. The number of anilines is 3. The summed E-state index contributed by atoms with van der Waals surface area (Å²) in [6.45, 7) is 2.35. The largest absolute Gasteiger partial charge is 0.310 e. The van der Waals surface area contributed by atoms with Crippen LogP contribution in [-0.2, 0) is 15.3 Å². The third-order valence-corrected chi connectivity index (χ3v) is 16.8. The molecule has 1 aromatic heterocycles. The van der Waals surface area contributed by atoms with Gasteiger partial charge in [-0.3, -0.25) is 0 Å². The molecule has 2 saturated carbocycles. The van der Waals surface area contributed by atoms with Crippen molar-refractivity contribution in [2.24, 2.45) is 17.8 Å². The summed E-state index contributed by atoms with van der Waals surface area (Å²) < 4.78 is 31.5. The Morgan fingerprint density at radius 1 is 0.476 bits per heavy atom. The number of aromatic nitrogens is 1. The average Bonchev–Trinajstić information content (AvgIpc) is 3.86. The normalized spacial score (nSPS) is 20.9. The van der Waals surface area contributed by atoms with E-state index in [1.165, 1.54) is 41.1 Å². The van der Waals surface area contributed by atoms with Crippen molar-refractivity contribution in [3.8, 4) is 27.9 Å². The maximum absolute atomic E-state index is 14.6. The van der Waals surface area contributed by atoms with E-state index in [1.807, 2.05) is 36.4 Å². The maximum Gasteiger partial charge on any atom is 0.207 e. The first-order valence-electron chi connectivity index (χ1n) is 22.5. The van der Waals surface area contributed by atoms with Crippen LogP contribution in [0.3, 0.4) is 0 Å². The van der Waals surface area contributed by atoms with Gasteiger partial charge < -0.3 is 9.47 Å². The Labute approximate surface area is 370 Å². The van der Waals surface area contributed by atoms with Gasteiger partial charge in [-0.1, -0.05) is 141 Å². The van der Waals surface area contributed by atoms with E-state index in [1.54, 1.807) is 0 Å². The summed E-state index contributed by atoms with van der Waals surface area (Å²) in [5.41, 5.74) is 12.4. The number of rotatable bonds is 7. The van der Waals surface area contributed by atoms with Gasteiger partial charge in [-0.15, -0.1) is 0 Å². The molecule has 1 unspecified atom stereocenters. The van der Waals surface area contributed by atoms with Crippen molar-refractivity contribution >= 4 is 48.7 Å². The van der Waals surface area contributed by atoms with E-state index >= 15 is 0 Å². The molecule has 12 rings (SSSR count). The SMILES string of the molecule is C[C@]1(C2C[C@H]3CC[C@@H](C2)C3)c2ccccc2S(=O)(=O)c2ccc(N(c3ccc(-c4ccccc4)cc3)c3ccc(-c4cccc(-n5c6ccccc6c6ccccc65)c4)cc3)cc21. The smallest absolute Gasteiger partial charge is 0.207 e. The molecule has 4 nitrogen and oxygen atoms in total. The van der Waals surface area contributed by atoms with Crippen molar-refractivity contribution < 1.29 is 8.42 Å². The monoisotopic (exact) mass is 836 g/mol. The Hall–Kier alpha value is -6.69. The molecular weight excluding hydrogens is 789 g/mol. The van der Waals surface area contributed by atoms with E-state index in [-0.39, 0.29) is 0 Å². The quantitative estimate of drug-likeness (QED) is 0.161. The van der Waals surface area contributed by atoms with Crippen LogP contribution in [0.2, 0.25) is 0 Å². The minimum absolute atomic E-state index is 0.352. The minimum atomic E-state index is -3.73. The summed E-state index contributed by atoms with van der Waals surface area (Å²) in [7, 11) is -3.73. The first-order valence-corrected chi connectivity index (χ1v) is 24.0. The van der Waals surface area contributed by atoms with Crippen LogP contribution in [0.1, 0.15) is 50.2 Å². The molecule has 9 aromatic rings. The van der Waals surface area contributed by atoms with Crippen molar-refractivity contribution in [2.45, 2.75) is 54.2 Å². The standard InChI is InChI=1S/C58H48N2O2S/c1-58(45-35-39-22-23-40(34-39)36-45)52-18-7-10-21-56(52)63(61,62)57-33-32-49(38-53(57)58)59(46-28-24-42(25-29-46)41-12-3-2-4-13-41)47-30-26-43(27-31-47)44-14-11-15-48(37-44)60-54-19-8-5-16-50(54)51-17-6-9-20-55(51)60/h2-21,24-33,37-40,45H,22-23,34-36H2,1H3/t39-,40+,45?,58-/m0/s1. The second-order valence-corrected chi connectivity index (χ2v) is 20.2. The summed E-state index contributed by atoms with van der Waals surface area (Å²) >= 11 is 0. The van der Waals surface area contributed by atoms with Gasteiger partial charge in [0.2, 0.25) is 9.84 Å². The molecule has 0 spiro atoms. The fourth-order valence-electron chi connectivity index (χ4n) is 11.8. The number of sulfone groups is 1. The molecule has 308 valence electrons. The molecule has 2 fully saturated rings.